The third-order valence-corrected chi connectivity index (χ3v) is 6.24. The number of likely N-dealkylation sites (tertiary alicyclic amines) is 1. The molecule has 2 saturated heterocycles. The highest BCUT2D eigenvalue weighted by Crippen LogP contribution is 2.34. The normalized spacial score (nSPS) is 19.3. The summed E-state index contributed by atoms with van der Waals surface area (Å²) in [6.45, 7) is 5.18. The van der Waals surface area contributed by atoms with E-state index >= 15 is 0 Å². The maximum Gasteiger partial charge on any atom is 0.255 e. The Balaban J connectivity index is 0.00000218. The number of benzene rings is 1. The van der Waals surface area contributed by atoms with Crippen LogP contribution in [0.4, 0.5) is 0 Å². The molecule has 0 spiro atoms. The van der Waals surface area contributed by atoms with E-state index in [9.17, 15) is 0 Å². The van der Waals surface area contributed by atoms with E-state index in [1.165, 1.54) is 37.9 Å². The maximum atomic E-state index is 5.82. The first-order chi connectivity index (χ1) is 14.3. The Bertz CT molecular complexity index is 929. The average molecular weight is 429 g/mol. The molecule has 0 radical (unpaired) electrons. The van der Waals surface area contributed by atoms with Gasteiger partial charge >= 0.3 is 0 Å². The third kappa shape index (κ3) is 4.15. The second-order valence-corrected chi connectivity index (χ2v) is 8.19. The lowest BCUT2D eigenvalue weighted by Crippen LogP contribution is -2.45. The van der Waals surface area contributed by atoms with E-state index in [0.29, 0.717) is 11.7 Å². The fraction of sp³-hybridized carbons (Fsp3) is 0.500. The largest absolute Gasteiger partial charge is 0.336 e. The van der Waals surface area contributed by atoms with Gasteiger partial charge in [0.1, 0.15) is 5.54 Å². The van der Waals surface area contributed by atoms with E-state index in [1.807, 2.05) is 23.1 Å². The van der Waals surface area contributed by atoms with Crippen molar-refractivity contribution in [2.24, 2.45) is 0 Å². The number of halogens is 1. The first kappa shape index (κ1) is 21.0. The molecule has 160 valence electrons. The van der Waals surface area contributed by atoms with Crippen LogP contribution in [0, 0.1) is 0 Å². The van der Waals surface area contributed by atoms with E-state index in [0.717, 1.165) is 38.0 Å². The SMILES string of the molecule is Cl.c1cc(CN2CCCCC2)cc(-c2noc(C3(n4cccn4)CCNCC3)n2)c1. The van der Waals surface area contributed by atoms with Gasteiger partial charge in [-0.1, -0.05) is 29.8 Å². The van der Waals surface area contributed by atoms with E-state index in [-0.39, 0.29) is 17.9 Å². The maximum absolute atomic E-state index is 5.82. The minimum atomic E-state index is -0.370. The molecule has 0 bridgehead atoms. The smallest absolute Gasteiger partial charge is 0.255 e. The molecule has 3 aromatic rings. The predicted molar refractivity (Wildman–Crippen MR) is 118 cm³/mol. The van der Waals surface area contributed by atoms with Crippen molar-refractivity contribution < 1.29 is 4.52 Å². The lowest BCUT2D eigenvalue weighted by molar-refractivity contribution is 0.172. The predicted octanol–water partition coefficient (Wildman–Crippen LogP) is 3.47. The molecule has 0 atom stereocenters. The Morgan fingerprint density at radius 3 is 2.67 bits per heavy atom. The lowest BCUT2D eigenvalue weighted by Gasteiger charge is -2.34. The van der Waals surface area contributed by atoms with Crippen molar-refractivity contribution in [1.82, 2.24) is 30.1 Å². The second kappa shape index (κ2) is 9.29. The van der Waals surface area contributed by atoms with Gasteiger partial charge in [-0.2, -0.15) is 10.1 Å². The van der Waals surface area contributed by atoms with Crippen LogP contribution in [-0.2, 0) is 12.1 Å². The summed E-state index contributed by atoms with van der Waals surface area (Å²) in [5, 5.41) is 12.3. The molecule has 0 saturated carbocycles. The molecular weight excluding hydrogens is 400 g/mol. The molecule has 8 heteroatoms. The zero-order valence-electron chi connectivity index (χ0n) is 17.2. The van der Waals surface area contributed by atoms with Crippen molar-refractivity contribution in [3.05, 3.63) is 54.2 Å². The van der Waals surface area contributed by atoms with Gasteiger partial charge in [-0.15, -0.1) is 12.4 Å². The summed E-state index contributed by atoms with van der Waals surface area (Å²) in [4.78, 5) is 7.37. The summed E-state index contributed by atoms with van der Waals surface area (Å²) in [5.41, 5.74) is 1.95. The van der Waals surface area contributed by atoms with Gasteiger partial charge in [-0.25, -0.2) is 0 Å². The van der Waals surface area contributed by atoms with Crippen molar-refractivity contribution in [2.75, 3.05) is 26.2 Å². The van der Waals surface area contributed by atoms with E-state index in [4.69, 9.17) is 9.51 Å². The number of nitrogens with one attached hydrogen (secondary N) is 1. The van der Waals surface area contributed by atoms with Crippen molar-refractivity contribution >= 4 is 12.4 Å². The van der Waals surface area contributed by atoms with Crippen LogP contribution < -0.4 is 5.32 Å². The standard InChI is InChI=1S/C22H28N6O.ClH/c1-2-13-27(14-3-1)17-18-6-4-7-19(16-18)20-25-21(29-26-20)22(8-11-23-12-9-22)28-15-5-10-24-28;/h4-7,10,15-16,23H,1-3,8-9,11-14,17H2;1H. The fourth-order valence-corrected chi connectivity index (χ4v) is 4.62. The quantitative estimate of drug-likeness (QED) is 0.670. The van der Waals surface area contributed by atoms with E-state index < -0.39 is 0 Å². The number of piperidine rings is 2. The fourth-order valence-electron chi connectivity index (χ4n) is 4.62. The van der Waals surface area contributed by atoms with Crippen LogP contribution in [0.25, 0.3) is 11.4 Å². The molecular formula is C22H29ClN6O. The van der Waals surface area contributed by atoms with Gasteiger partial charge in [-0.3, -0.25) is 9.58 Å². The highest BCUT2D eigenvalue weighted by atomic mass is 35.5. The molecule has 4 heterocycles. The van der Waals surface area contributed by atoms with Crippen LogP contribution in [0.1, 0.15) is 43.6 Å². The van der Waals surface area contributed by atoms with Crippen LogP contribution in [0.3, 0.4) is 0 Å². The lowest BCUT2D eigenvalue weighted by atomic mass is 9.88. The second-order valence-electron chi connectivity index (χ2n) is 8.19. The molecule has 2 fully saturated rings. The van der Waals surface area contributed by atoms with Gasteiger partial charge in [0.05, 0.1) is 0 Å². The summed E-state index contributed by atoms with van der Waals surface area (Å²) >= 11 is 0. The third-order valence-electron chi connectivity index (χ3n) is 6.24. The monoisotopic (exact) mass is 428 g/mol. The van der Waals surface area contributed by atoms with Crippen LogP contribution >= 0.6 is 12.4 Å². The van der Waals surface area contributed by atoms with Crippen molar-refractivity contribution in [1.29, 1.82) is 0 Å². The molecule has 2 aliphatic rings. The van der Waals surface area contributed by atoms with Gasteiger partial charge < -0.3 is 9.84 Å². The molecule has 5 rings (SSSR count). The van der Waals surface area contributed by atoms with Gasteiger partial charge in [0.15, 0.2) is 0 Å². The highest BCUT2D eigenvalue weighted by Gasteiger charge is 2.41. The van der Waals surface area contributed by atoms with Crippen LogP contribution in [0.5, 0.6) is 0 Å². The number of nitrogens with zero attached hydrogens (tertiary/aromatic N) is 5. The molecule has 1 N–H and O–H groups in total. The molecule has 1 aromatic carbocycles. The Hall–Kier alpha value is -2.22. The first-order valence-electron chi connectivity index (χ1n) is 10.7. The zero-order chi connectivity index (χ0) is 19.5. The summed E-state index contributed by atoms with van der Waals surface area (Å²) in [6.07, 6.45) is 9.53. The minimum Gasteiger partial charge on any atom is -0.336 e. The number of hydrogen-bond acceptors (Lipinski definition) is 6. The average Bonchev–Trinajstić information content (AvgIpc) is 3.48. The molecule has 7 nitrogen and oxygen atoms in total. The van der Waals surface area contributed by atoms with Crippen LogP contribution in [-0.4, -0.2) is 51.0 Å². The topological polar surface area (TPSA) is 72.0 Å². The van der Waals surface area contributed by atoms with Crippen molar-refractivity contribution in [3.63, 3.8) is 0 Å². The summed E-state index contributed by atoms with van der Waals surface area (Å²) < 4.78 is 7.80. The molecule has 0 unspecified atom stereocenters. The number of hydrogen-bond donors (Lipinski definition) is 1. The minimum absolute atomic E-state index is 0. The summed E-state index contributed by atoms with van der Waals surface area (Å²) in [6, 6.07) is 10.5. The molecule has 0 aliphatic carbocycles. The highest BCUT2D eigenvalue weighted by molar-refractivity contribution is 5.85. The van der Waals surface area contributed by atoms with Crippen molar-refractivity contribution in [2.45, 2.75) is 44.2 Å². The molecule has 0 amide bonds. The van der Waals surface area contributed by atoms with Crippen molar-refractivity contribution in [3.8, 4) is 11.4 Å². The number of aromatic nitrogens is 4. The Labute approximate surface area is 183 Å². The molecule has 30 heavy (non-hydrogen) atoms. The summed E-state index contributed by atoms with van der Waals surface area (Å²) in [5.74, 6) is 1.31. The molecule has 2 aliphatic heterocycles. The van der Waals surface area contributed by atoms with E-state index in [1.54, 1.807) is 0 Å². The van der Waals surface area contributed by atoms with E-state index in [2.05, 4.69) is 44.7 Å². The Morgan fingerprint density at radius 1 is 1.07 bits per heavy atom. The van der Waals surface area contributed by atoms with Crippen LogP contribution in [0.2, 0.25) is 0 Å². The summed E-state index contributed by atoms with van der Waals surface area (Å²) in [7, 11) is 0. The van der Waals surface area contributed by atoms with Gasteiger partial charge in [0.2, 0.25) is 5.82 Å². The number of rotatable bonds is 5. The van der Waals surface area contributed by atoms with Gasteiger partial charge in [0.25, 0.3) is 5.89 Å². The van der Waals surface area contributed by atoms with Gasteiger partial charge in [-0.05, 0) is 69.6 Å². The van der Waals surface area contributed by atoms with Gasteiger partial charge in [0, 0.05) is 24.5 Å². The Kier molecular flexibility index (Phi) is 6.51. The zero-order valence-corrected chi connectivity index (χ0v) is 18.0. The Morgan fingerprint density at radius 2 is 1.90 bits per heavy atom. The molecule has 2 aromatic heterocycles. The first-order valence-corrected chi connectivity index (χ1v) is 10.7. The van der Waals surface area contributed by atoms with Crippen LogP contribution in [0.15, 0.2) is 47.2 Å².